The maximum absolute atomic E-state index is 11.9. The van der Waals surface area contributed by atoms with Gasteiger partial charge in [0.05, 0.1) is 6.20 Å². The summed E-state index contributed by atoms with van der Waals surface area (Å²) in [5, 5.41) is 12.5. The van der Waals surface area contributed by atoms with E-state index in [-0.39, 0.29) is 11.4 Å². The highest BCUT2D eigenvalue weighted by Crippen LogP contribution is 2.12. The average Bonchev–Trinajstić information content (AvgIpc) is 2.80. The Balaban J connectivity index is 2.31. The van der Waals surface area contributed by atoms with Crippen LogP contribution in [0.25, 0.3) is 5.70 Å². The molecule has 0 spiro atoms. The fourth-order valence-electron chi connectivity index (χ4n) is 1.53. The van der Waals surface area contributed by atoms with Gasteiger partial charge in [0, 0.05) is 11.8 Å². The van der Waals surface area contributed by atoms with Gasteiger partial charge in [-0.05, 0) is 5.56 Å². The number of rotatable bonds is 2. The quantitative estimate of drug-likeness (QED) is 0.775. The molecular weight excluding hydrogens is 242 g/mol. The Hall–Kier alpha value is -3.07. The Morgan fingerprint density at radius 3 is 2.63 bits per heavy atom. The minimum Gasteiger partial charge on any atom is -0.398 e. The maximum atomic E-state index is 11.9. The number of allylic oxidation sites excluding steroid dienone is 1. The summed E-state index contributed by atoms with van der Waals surface area (Å²) < 4.78 is 0.939. The summed E-state index contributed by atoms with van der Waals surface area (Å²) in [6.07, 6.45) is 2.46. The largest absolute Gasteiger partial charge is 0.398 e. The van der Waals surface area contributed by atoms with E-state index >= 15 is 0 Å². The third-order valence-electron chi connectivity index (χ3n) is 2.52. The van der Waals surface area contributed by atoms with E-state index in [4.69, 9.17) is 16.7 Å². The first-order chi connectivity index (χ1) is 9.13. The molecule has 1 aromatic heterocycles. The highest BCUT2D eigenvalue weighted by atomic mass is 16.2. The van der Waals surface area contributed by atoms with Gasteiger partial charge in [0.1, 0.15) is 17.5 Å². The van der Waals surface area contributed by atoms with Gasteiger partial charge >= 0.3 is 0 Å². The van der Waals surface area contributed by atoms with Gasteiger partial charge in [-0.2, -0.15) is 15.0 Å². The van der Waals surface area contributed by atoms with Crippen molar-refractivity contribution in [3.63, 3.8) is 0 Å². The summed E-state index contributed by atoms with van der Waals surface area (Å²) in [5.74, 6) is -0.495. The number of nitriles is 1. The molecule has 1 heterocycles. The minimum absolute atomic E-state index is 0.00427. The summed E-state index contributed by atoms with van der Waals surface area (Å²) in [5.41, 5.74) is 12.6. The average molecular weight is 253 g/mol. The molecule has 0 atom stereocenters. The summed E-state index contributed by atoms with van der Waals surface area (Å²) in [7, 11) is 0. The Bertz CT molecular complexity index is 679. The molecule has 0 saturated carbocycles. The third kappa shape index (κ3) is 2.45. The number of hydrogen-bond donors (Lipinski definition) is 2. The van der Waals surface area contributed by atoms with Gasteiger partial charge in [-0.1, -0.05) is 30.3 Å². The molecule has 0 amide bonds. The molecule has 0 fully saturated rings. The number of hydrogen-bond acceptors (Lipinski definition) is 5. The second kappa shape index (κ2) is 5.06. The smallest absolute Gasteiger partial charge is 0.274 e. The number of benzene rings is 1. The van der Waals surface area contributed by atoms with Gasteiger partial charge in [0.15, 0.2) is 0 Å². The number of aromatic nitrogens is 2. The van der Waals surface area contributed by atoms with Crippen LogP contribution in [0.4, 0.5) is 5.82 Å². The van der Waals surface area contributed by atoms with Crippen LogP contribution in [0.5, 0.6) is 0 Å². The van der Waals surface area contributed by atoms with Gasteiger partial charge in [-0.3, -0.25) is 4.79 Å². The van der Waals surface area contributed by atoms with Crippen molar-refractivity contribution in [1.29, 1.82) is 5.26 Å². The van der Waals surface area contributed by atoms with Crippen LogP contribution in [0.2, 0.25) is 0 Å². The molecule has 4 N–H and O–H groups in total. The first-order valence-corrected chi connectivity index (χ1v) is 5.44. The van der Waals surface area contributed by atoms with E-state index in [9.17, 15) is 4.79 Å². The monoisotopic (exact) mass is 253 g/mol. The van der Waals surface area contributed by atoms with E-state index in [0.717, 1.165) is 10.2 Å². The predicted molar refractivity (Wildman–Crippen MR) is 70.6 cm³/mol. The fourth-order valence-corrected chi connectivity index (χ4v) is 1.53. The molecule has 6 nitrogen and oxygen atoms in total. The first kappa shape index (κ1) is 12.4. The lowest BCUT2D eigenvalue weighted by Gasteiger charge is -2.02. The van der Waals surface area contributed by atoms with Crippen molar-refractivity contribution in [3.05, 3.63) is 53.7 Å². The number of carbonyl (C=O) groups is 1. The standard InChI is InChI=1S/C13H11N5O/c14-7-10-8-17-18(13(10)16)12(19)6-11(15)9-4-2-1-3-5-9/h1-6,8H,15-16H2/b11-6+. The van der Waals surface area contributed by atoms with E-state index in [2.05, 4.69) is 5.10 Å². The van der Waals surface area contributed by atoms with Gasteiger partial charge < -0.3 is 11.5 Å². The molecule has 0 unspecified atom stereocenters. The second-order valence-electron chi connectivity index (χ2n) is 3.77. The zero-order valence-corrected chi connectivity index (χ0v) is 9.95. The van der Waals surface area contributed by atoms with E-state index in [0.29, 0.717) is 5.70 Å². The van der Waals surface area contributed by atoms with Gasteiger partial charge in [0.2, 0.25) is 0 Å². The highest BCUT2D eigenvalue weighted by molar-refractivity contribution is 5.97. The normalized spacial score (nSPS) is 11.0. The van der Waals surface area contributed by atoms with Gasteiger partial charge in [-0.25, -0.2) is 0 Å². The van der Waals surface area contributed by atoms with Crippen molar-refractivity contribution in [3.8, 4) is 6.07 Å². The van der Waals surface area contributed by atoms with Crippen LogP contribution >= 0.6 is 0 Å². The van der Waals surface area contributed by atoms with Crippen molar-refractivity contribution >= 4 is 17.4 Å². The van der Waals surface area contributed by atoms with Crippen LogP contribution in [-0.2, 0) is 0 Å². The molecule has 94 valence electrons. The molecule has 0 bridgehead atoms. The van der Waals surface area contributed by atoms with E-state index in [1.165, 1.54) is 12.3 Å². The summed E-state index contributed by atoms with van der Waals surface area (Å²) in [6.45, 7) is 0. The van der Waals surface area contributed by atoms with Crippen LogP contribution < -0.4 is 11.5 Å². The van der Waals surface area contributed by atoms with E-state index < -0.39 is 5.91 Å². The summed E-state index contributed by atoms with van der Waals surface area (Å²) in [4.78, 5) is 11.9. The fraction of sp³-hybridized carbons (Fsp3) is 0. The predicted octanol–water partition coefficient (Wildman–Crippen LogP) is 0.977. The van der Waals surface area contributed by atoms with Crippen molar-refractivity contribution < 1.29 is 4.79 Å². The van der Waals surface area contributed by atoms with Crippen LogP contribution in [0.1, 0.15) is 15.9 Å². The molecule has 0 aliphatic rings. The zero-order valence-electron chi connectivity index (χ0n) is 9.95. The lowest BCUT2D eigenvalue weighted by atomic mass is 10.1. The van der Waals surface area contributed by atoms with Crippen molar-refractivity contribution in [2.24, 2.45) is 5.73 Å². The molecule has 2 aromatic rings. The molecule has 2 rings (SSSR count). The Labute approximate surface area is 109 Å². The molecule has 0 radical (unpaired) electrons. The van der Waals surface area contributed by atoms with Crippen molar-refractivity contribution in [2.45, 2.75) is 0 Å². The van der Waals surface area contributed by atoms with E-state index in [1.807, 2.05) is 24.3 Å². The van der Waals surface area contributed by atoms with Gasteiger partial charge in [-0.15, -0.1) is 0 Å². The molecule has 0 saturated heterocycles. The SMILES string of the molecule is N#Cc1cnn(C(=O)/C=C(/N)c2ccccc2)c1N. The number of nitrogens with zero attached hydrogens (tertiary/aromatic N) is 3. The van der Waals surface area contributed by atoms with Crippen LogP contribution in [0.3, 0.4) is 0 Å². The molecular formula is C13H11N5O. The minimum atomic E-state index is -0.500. The molecule has 19 heavy (non-hydrogen) atoms. The Kier molecular flexibility index (Phi) is 3.30. The summed E-state index contributed by atoms with van der Waals surface area (Å²) in [6, 6.07) is 10.9. The third-order valence-corrected chi connectivity index (χ3v) is 2.52. The topological polar surface area (TPSA) is 111 Å². The molecule has 6 heteroatoms. The number of nitrogens with two attached hydrogens (primary N) is 2. The first-order valence-electron chi connectivity index (χ1n) is 5.44. The van der Waals surface area contributed by atoms with Crippen LogP contribution in [0, 0.1) is 11.3 Å². The van der Waals surface area contributed by atoms with Crippen molar-refractivity contribution in [2.75, 3.05) is 5.73 Å². The lowest BCUT2D eigenvalue weighted by molar-refractivity contribution is 0.0957. The Morgan fingerprint density at radius 1 is 1.37 bits per heavy atom. The highest BCUT2D eigenvalue weighted by Gasteiger charge is 2.12. The number of anilines is 1. The van der Waals surface area contributed by atoms with Crippen molar-refractivity contribution in [1.82, 2.24) is 9.78 Å². The molecule has 0 aliphatic carbocycles. The number of carbonyl (C=O) groups excluding carboxylic acids is 1. The van der Waals surface area contributed by atoms with Crippen LogP contribution in [0.15, 0.2) is 42.6 Å². The maximum Gasteiger partial charge on any atom is 0.274 e. The molecule has 1 aromatic carbocycles. The second-order valence-corrected chi connectivity index (χ2v) is 3.77. The zero-order chi connectivity index (χ0) is 13.8. The van der Waals surface area contributed by atoms with Gasteiger partial charge in [0.25, 0.3) is 5.91 Å². The summed E-state index contributed by atoms with van der Waals surface area (Å²) >= 11 is 0. The van der Waals surface area contributed by atoms with E-state index in [1.54, 1.807) is 12.1 Å². The van der Waals surface area contributed by atoms with Crippen LogP contribution in [-0.4, -0.2) is 15.7 Å². The Morgan fingerprint density at radius 2 is 2.05 bits per heavy atom. The number of nitrogen functional groups attached to an aromatic ring is 1. The lowest BCUT2D eigenvalue weighted by Crippen LogP contribution is -2.14. The molecule has 0 aliphatic heterocycles.